The second-order valence-electron chi connectivity index (χ2n) is 9.91. The average molecular weight is 491 g/mol. The van der Waals surface area contributed by atoms with E-state index in [4.69, 9.17) is 4.74 Å². The Labute approximate surface area is 212 Å². The number of rotatable bonds is 4. The van der Waals surface area contributed by atoms with Crippen LogP contribution in [0.3, 0.4) is 0 Å². The molecule has 35 heavy (non-hydrogen) atoms. The summed E-state index contributed by atoms with van der Waals surface area (Å²) in [5, 5.41) is 0.444. The molecular formula is C29H34N2O3S. The highest BCUT2D eigenvalue weighted by Crippen LogP contribution is 2.43. The number of carbonyl (C=O) groups excluding carboxylic acids is 2. The van der Waals surface area contributed by atoms with Crippen molar-refractivity contribution >= 4 is 29.7 Å². The smallest absolute Gasteiger partial charge is 0.260 e. The molecule has 0 radical (unpaired) electrons. The Bertz CT molecular complexity index is 1120. The molecule has 5 rings (SSSR count). The van der Waals surface area contributed by atoms with Crippen molar-refractivity contribution in [1.82, 2.24) is 9.80 Å². The number of hydrogen-bond acceptors (Lipinski definition) is 4. The fourth-order valence-corrected chi connectivity index (χ4v) is 6.81. The first-order chi connectivity index (χ1) is 17.0. The van der Waals surface area contributed by atoms with Gasteiger partial charge in [-0.15, -0.1) is 11.8 Å². The predicted octanol–water partition coefficient (Wildman–Crippen LogP) is 5.20. The van der Waals surface area contributed by atoms with Crippen LogP contribution < -0.4 is 0 Å². The molecule has 3 fully saturated rings. The molecule has 2 unspecified atom stereocenters. The molecule has 0 aromatic heterocycles. The quantitative estimate of drug-likeness (QED) is 0.553. The standard InChI is InChI=1S/C29H34N2O3S/c1-20-7-8-21(2)24(17-20)19-31-25-5-3-4-6-26(25)35-27(29(31)33)18-22-9-11-23(12-10-22)28(32)30-13-15-34-16-14-30/h7-12,17-18,25-26H,3-6,13-16,19H2,1-2H3/b27-18-. The molecule has 2 atom stereocenters. The maximum absolute atomic E-state index is 13.7. The van der Waals surface area contributed by atoms with Crippen LogP contribution in [0.15, 0.2) is 47.4 Å². The third-order valence-electron chi connectivity index (χ3n) is 7.42. The van der Waals surface area contributed by atoms with E-state index in [9.17, 15) is 9.59 Å². The molecule has 184 valence electrons. The third kappa shape index (κ3) is 5.34. The van der Waals surface area contributed by atoms with Crippen molar-refractivity contribution in [3.8, 4) is 0 Å². The molecule has 2 saturated heterocycles. The summed E-state index contributed by atoms with van der Waals surface area (Å²) in [4.78, 5) is 31.3. The molecule has 0 N–H and O–H groups in total. The number of carbonyl (C=O) groups is 2. The van der Waals surface area contributed by atoms with Gasteiger partial charge in [0.05, 0.1) is 18.1 Å². The molecule has 2 aliphatic heterocycles. The highest BCUT2D eigenvalue weighted by Gasteiger charge is 2.40. The van der Waals surface area contributed by atoms with E-state index in [2.05, 4.69) is 36.9 Å². The Morgan fingerprint density at radius 3 is 2.57 bits per heavy atom. The Morgan fingerprint density at radius 2 is 1.80 bits per heavy atom. The highest BCUT2D eigenvalue weighted by molar-refractivity contribution is 8.04. The van der Waals surface area contributed by atoms with Crippen molar-refractivity contribution in [2.24, 2.45) is 0 Å². The first-order valence-electron chi connectivity index (χ1n) is 12.7. The lowest BCUT2D eigenvalue weighted by Crippen LogP contribution is -2.50. The van der Waals surface area contributed by atoms with Gasteiger partial charge in [0.25, 0.3) is 11.8 Å². The number of aryl methyl sites for hydroxylation is 2. The summed E-state index contributed by atoms with van der Waals surface area (Å²) in [6, 6.07) is 14.5. The van der Waals surface area contributed by atoms with E-state index in [1.807, 2.05) is 35.2 Å². The van der Waals surface area contributed by atoms with E-state index in [1.165, 1.54) is 29.5 Å². The summed E-state index contributed by atoms with van der Waals surface area (Å²) in [6.07, 6.45) is 6.66. The largest absolute Gasteiger partial charge is 0.378 e. The molecule has 5 nitrogen and oxygen atoms in total. The maximum atomic E-state index is 13.7. The third-order valence-corrected chi connectivity index (χ3v) is 8.82. The van der Waals surface area contributed by atoms with Crippen molar-refractivity contribution < 1.29 is 14.3 Å². The van der Waals surface area contributed by atoms with Crippen LogP contribution in [-0.4, -0.2) is 59.2 Å². The van der Waals surface area contributed by atoms with Gasteiger partial charge in [-0.05, 0) is 61.6 Å². The first kappa shape index (κ1) is 24.1. The summed E-state index contributed by atoms with van der Waals surface area (Å²) in [5.74, 6) is 0.174. The van der Waals surface area contributed by atoms with Crippen LogP contribution >= 0.6 is 11.8 Å². The number of thioether (sulfide) groups is 1. The van der Waals surface area contributed by atoms with E-state index >= 15 is 0 Å². The van der Waals surface area contributed by atoms with Gasteiger partial charge in [-0.2, -0.15) is 0 Å². The first-order valence-corrected chi connectivity index (χ1v) is 13.6. The summed E-state index contributed by atoms with van der Waals surface area (Å²) >= 11 is 1.75. The molecule has 3 aliphatic rings. The van der Waals surface area contributed by atoms with Gasteiger partial charge in [0.15, 0.2) is 0 Å². The Morgan fingerprint density at radius 1 is 1.06 bits per heavy atom. The minimum absolute atomic E-state index is 0.0420. The zero-order chi connectivity index (χ0) is 24.4. The number of benzene rings is 2. The van der Waals surface area contributed by atoms with Gasteiger partial charge in [-0.25, -0.2) is 0 Å². The van der Waals surface area contributed by atoms with Gasteiger partial charge in [0.1, 0.15) is 0 Å². The molecule has 2 aromatic rings. The molecular weight excluding hydrogens is 456 g/mol. The number of nitrogens with zero attached hydrogens (tertiary/aromatic N) is 2. The Balaban J connectivity index is 1.37. The van der Waals surface area contributed by atoms with Crippen LogP contribution in [0.1, 0.15) is 58.3 Å². The number of fused-ring (bicyclic) bond motifs is 1. The van der Waals surface area contributed by atoms with Crippen LogP contribution in [0.2, 0.25) is 0 Å². The number of hydrogen-bond donors (Lipinski definition) is 0. The lowest BCUT2D eigenvalue weighted by molar-refractivity contribution is -0.130. The summed E-state index contributed by atoms with van der Waals surface area (Å²) in [5.41, 5.74) is 5.34. The van der Waals surface area contributed by atoms with Crippen molar-refractivity contribution in [3.05, 3.63) is 75.2 Å². The van der Waals surface area contributed by atoms with Gasteiger partial charge in [0, 0.05) is 36.5 Å². The topological polar surface area (TPSA) is 49.9 Å². The molecule has 2 amide bonds. The minimum atomic E-state index is 0.0420. The summed E-state index contributed by atoms with van der Waals surface area (Å²) in [7, 11) is 0. The van der Waals surface area contributed by atoms with Gasteiger partial charge in [0.2, 0.25) is 0 Å². The number of morpholine rings is 1. The van der Waals surface area contributed by atoms with Crippen LogP contribution in [0.5, 0.6) is 0 Å². The lowest BCUT2D eigenvalue weighted by Gasteiger charge is -2.44. The van der Waals surface area contributed by atoms with Crippen LogP contribution in [0.4, 0.5) is 0 Å². The summed E-state index contributed by atoms with van der Waals surface area (Å²) in [6.45, 7) is 7.36. The van der Waals surface area contributed by atoms with Gasteiger partial charge in [-0.3, -0.25) is 9.59 Å². The average Bonchev–Trinajstić information content (AvgIpc) is 2.89. The minimum Gasteiger partial charge on any atom is -0.378 e. The zero-order valence-electron chi connectivity index (χ0n) is 20.7. The van der Waals surface area contributed by atoms with Crippen LogP contribution in [-0.2, 0) is 16.1 Å². The van der Waals surface area contributed by atoms with Gasteiger partial charge in [-0.1, -0.05) is 48.7 Å². The Hall–Kier alpha value is -2.57. The highest BCUT2D eigenvalue weighted by atomic mass is 32.2. The number of ether oxygens (including phenoxy) is 1. The van der Waals surface area contributed by atoms with Crippen LogP contribution in [0.25, 0.3) is 6.08 Å². The molecule has 0 bridgehead atoms. The molecule has 0 spiro atoms. The van der Waals surface area contributed by atoms with Gasteiger partial charge >= 0.3 is 0 Å². The molecule has 1 saturated carbocycles. The lowest BCUT2D eigenvalue weighted by atomic mass is 9.92. The monoisotopic (exact) mass is 490 g/mol. The molecule has 6 heteroatoms. The SMILES string of the molecule is Cc1ccc(C)c(CN2C(=O)/C(=C/c3ccc(C(=O)N4CCOCC4)cc3)SC3CCCCC32)c1. The van der Waals surface area contributed by atoms with E-state index in [0.717, 1.165) is 23.3 Å². The normalized spacial score (nSPS) is 23.9. The Kier molecular flexibility index (Phi) is 7.30. The van der Waals surface area contributed by atoms with E-state index < -0.39 is 0 Å². The van der Waals surface area contributed by atoms with E-state index in [1.54, 1.807) is 11.8 Å². The van der Waals surface area contributed by atoms with Crippen molar-refractivity contribution in [2.45, 2.75) is 57.4 Å². The van der Waals surface area contributed by atoms with E-state index in [-0.39, 0.29) is 11.8 Å². The summed E-state index contributed by atoms with van der Waals surface area (Å²) < 4.78 is 5.36. The van der Waals surface area contributed by atoms with Gasteiger partial charge < -0.3 is 14.5 Å². The fraction of sp³-hybridized carbons (Fsp3) is 0.448. The number of amides is 2. The van der Waals surface area contributed by atoms with Crippen molar-refractivity contribution in [1.29, 1.82) is 0 Å². The van der Waals surface area contributed by atoms with Crippen LogP contribution in [0, 0.1) is 13.8 Å². The zero-order valence-corrected chi connectivity index (χ0v) is 21.5. The van der Waals surface area contributed by atoms with Crippen molar-refractivity contribution in [3.63, 3.8) is 0 Å². The molecule has 1 aliphatic carbocycles. The van der Waals surface area contributed by atoms with E-state index in [0.29, 0.717) is 49.7 Å². The fourth-order valence-electron chi connectivity index (χ4n) is 5.34. The molecule has 2 aromatic carbocycles. The van der Waals surface area contributed by atoms with Crippen molar-refractivity contribution in [2.75, 3.05) is 26.3 Å². The maximum Gasteiger partial charge on any atom is 0.260 e. The second kappa shape index (κ2) is 10.6. The second-order valence-corrected chi connectivity index (χ2v) is 11.2. The molecule has 2 heterocycles. The predicted molar refractivity (Wildman–Crippen MR) is 141 cm³/mol.